The third kappa shape index (κ3) is 2.42. The van der Waals surface area contributed by atoms with Gasteiger partial charge in [-0.15, -0.1) is 0 Å². The standard InChI is InChI=1S/C8H13NO4/c1-8(3-4-13-5-8)9-6(10)7(11)12-2/h3-5H2,1-2H3,(H,9,10). The normalized spacial score (nSPS) is 26.9. The van der Waals surface area contributed by atoms with Crippen molar-refractivity contribution in [3.05, 3.63) is 0 Å². The molecule has 0 aromatic heterocycles. The van der Waals surface area contributed by atoms with E-state index in [1.165, 1.54) is 7.11 Å². The maximum atomic E-state index is 11.1. The summed E-state index contributed by atoms with van der Waals surface area (Å²) in [7, 11) is 1.18. The van der Waals surface area contributed by atoms with Crippen molar-refractivity contribution in [3.8, 4) is 0 Å². The molecule has 0 radical (unpaired) electrons. The van der Waals surface area contributed by atoms with Gasteiger partial charge in [0.1, 0.15) is 0 Å². The van der Waals surface area contributed by atoms with Gasteiger partial charge in [-0.1, -0.05) is 0 Å². The van der Waals surface area contributed by atoms with E-state index in [1.807, 2.05) is 6.92 Å². The summed E-state index contributed by atoms with van der Waals surface area (Å²) in [5.74, 6) is -1.58. The lowest BCUT2D eigenvalue weighted by Gasteiger charge is -2.22. The molecule has 13 heavy (non-hydrogen) atoms. The Bertz CT molecular complexity index is 220. The lowest BCUT2D eigenvalue weighted by molar-refractivity contribution is -0.153. The molecule has 0 aromatic carbocycles. The van der Waals surface area contributed by atoms with E-state index in [-0.39, 0.29) is 0 Å². The van der Waals surface area contributed by atoms with Crippen LogP contribution in [0.25, 0.3) is 0 Å². The van der Waals surface area contributed by atoms with E-state index in [1.54, 1.807) is 0 Å². The summed E-state index contributed by atoms with van der Waals surface area (Å²) in [5, 5.41) is 2.57. The van der Waals surface area contributed by atoms with Gasteiger partial charge < -0.3 is 14.8 Å². The Morgan fingerprint density at radius 1 is 1.54 bits per heavy atom. The van der Waals surface area contributed by atoms with E-state index in [0.717, 1.165) is 6.42 Å². The number of carbonyl (C=O) groups excluding carboxylic acids is 2. The zero-order valence-corrected chi connectivity index (χ0v) is 7.75. The summed E-state index contributed by atoms with van der Waals surface area (Å²) >= 11 is 0. The molecule has 5 heteroatoms. The number of ether oxygens (including phenoxy) is 2. The summed E-state index contributed by atoms with van der Waals surface area (Å²) in [4.78, 5) is 21.9. The van der Waals surface area contributed by atoms with Crippen LogP contribution in [0.2, 0.25) is 0 Å². The minimum Gasteiger partial charge on any atom is -0.462 e. The molecule has 1 fully saturated rings. The Hall–Kier alpha value is -1.10. The van der Waals surface area contributed by atoms with Crippen LogP contribution >= 0.6 is 0 Å². The average Bonchev–Trinajstić information content (AvgIpc) is 2.50. The van der Waals surface area contributed by atoms with Crippen LogP contribution in [-0.2, 0) is 19.1 Å². The van der Waals surface area contributed by atoms with E-state index in [4.69, 9.17) is 4.74 Å². The zero-order valence-electron chi connectivity index (χ0n) is 7.75. The maximum Gasteiger partial charge on any atom is 0.396 e. The van der Waals surface area contributed by atoms with Crippen LogP contribution in [0.4, 0.5) is 0 Å². The molecule has 74 valence electrons. The van der Waals surface area contributed by atoms with Gasteiger partial charge in [0.25, 0.3) is 0 Å². The Kier molecular flexibility index (Phi) is 2.87. The number of rotatable bonds is 1. The van der Waals surface area contributed by atoms with Crippen molar-refractivity contribution < 1.29 is 19.1 Å². The van der Waals surface area contributed by atoms with Gasteiger partial charge in [0.15, 0.2) is 0 Å². The summed E-state index contributed by atoms with van der Waals surface area (Å²) in [6.45, 7) is 2.88. The number of carbonyl (C=O) groups is 2. The predicted molar refractivity (Wildman–Crippen MR) is 44.0 cm³/mol. The molecular weight excluding hydrogens is 174 g/mol. The van der Waals surface area contributed by atoms with Crippen molar-refractivity contribution in [1.29, 1.82) is 0 Å². The maximum absolute atomic E-state index is 11.1. The van der Waals surface area contributed by atoms with Gasteiger partial charge in [-0.25, -0.2) is 4.79 Å². The predicted octanol–water partition coefficient (Wildman–Crippen LogP) is -0.545. The molecule has 0 aromatic rings. The molecule has 1 rings (SSSR count). The molecular formula is C8H13NO4. The second-order valence-electron chi connectivity index (χ2n) is 3.31. The number of hydrogen-bond donors (Lipinski definition) is 1. The molecule has 1 saturated heterocycles. The number of nitrogens with one attached hydrogen (secondary N) is 1. The highest BCUT2D eigenvalue weighted by Gasteiger charge is 2.33. The van der Waals surface area contributed by atoms with Crippen LogP contribution in [0.1, 0.15) is 13.3 Å². The third-order valence-corrected chi connectivity index (χ3v) is 2.00. The smallest absolute Gasteiger partial charge is 0.396 e. The molecule has 0 bridgehead atoms. The molecule has 1 amide bonds. The molecule has 1 aliphatic heterocycles. The number of hydrogen-bond acceptors (Lipinski definition) is 4. The quantitative estimate of drug-likeness (QED) is 0.442. The van der Waals surface area contributed by atoms with Crippen LogP contribution in [0.15, 0.2) is 0 Å². The largest absolute Gasteiger partial charge is 0.462 e. The summed E-state index contributed by atoms with van der Waals surface area (Å²) in [6, 6.07) is 0. The van der Waals surface area contributed by atoms with Crippen molar-refractivity contribution in [2.45, 2.75) is 18.9 Å². The first-order valence-electron chi connectivity index (χ1n) is 4.06. The second-order valence-corrected chi connectivity index (χ2v) is 3.31. The minimum atomic E-state index is -0.867. The first-order valence-corrected chi connectivity index (χ1v) is 4.06. The zero-order chi connectivity index (χ0) is 9.90. The van der Waals surface area contributed by atoms with Gasteiger partial charge >= 0.3 is 11.9 Å². The van der Waals surface area contributed by atoms with Crippen molar-refractivity contribution in [2.24, 2.45) is 0 Å². The molecule has 1 unspecified atom stereocenters. The highest BCUT2D eigenvalue weighted by molar-refractivity contribution is 6.32. The van der Waals surface area contributed by atoms with Crippen LogP contribution in [0, 0.1) is 0 Å². The minimum absolute atomic E-state index is 0.425. The van der Waals surface area contributed by atoms with E-state index < -0.39 is 17.4 Å². The lowest BCUT2D eigenvalue weighted by atomic mass is 10.0. The third-order valence-electron chi connectivity index (χ3n) is 2.00. The average molecular weight is 187 g/mol. The Labute approximate surface area is 76.4 Å². The van der Waals surface area contributed by atoms with Gasteiger partial charge in [0.05, 0.1) is 19.3 Å². The fourth-order valence-electron chi connectivity index (χ4n) is 1.18. The fourth-order valence-corrected chi connectivity index (χ4v) is 1.18. The van der Waals surface area contributed by atoms with Crippen molar-refractivity contribution in [1.82, 2.24) is 5.32 Å². The van der Waals surface area contributed by atoms with Crippen molar-refractivity contribution in [2.75, 3.05) is 20.3 Å². The molecule has 5 nitrogen and oxygen atoms in total. The van der Waals surface area contributed by atoms with Gasteiger partial charge in [-0.3, -0.25) is 4.79 Å². The van der Waals surface area contributed by atoms with Crippen LogP contribution in [0.5, 0.6) is 0 Å². The highest BCUT2D eigenvalue weighted by atomic mass is 16.5. The molecule has 1 aliphatic rings. The number of methoxy groups -OCH3 is 1. The fraction of sp³-hybridized carbons (Fsp3) is 0.750. The summed E-state index contributed by atoms with van der Waals surface area (Å²) in [6.07, 6.45) is 0.718. The SMILES string of the molecule is COC(=O)C(=O)NC1(C)CCOC1. The van der Waals surface area contributed by atoms with E-state index in [2.05, 4.69) is 10.1 Å². The lowest BCUT2D eigenvalue weighted by Crippen LogP contribution is -2.49. The number of esters is 1. The first-order chi connectivity index (χ1) is 6.07. The van der Waals surface area contributed by atoms with Crippen LogP contribution < -0.4 is 5.32 Å². The van der Waals surface area contributed by atoms with Gasteiger partial charge in [-0.05, 0) is 13.3 Å². The summed E-state index contributed by atoms with van der Waals surface area (Å²) < 4.78 is 9.38. The summed E-state index contributed by atoms with van der Waals surface area (Å²) in [5.41, 5.74) is -0.425. The van der Waals surface area contributed by atoms with E-state index in [0.29, 0.717) is 13.2 Å². The number of amides is 1. The molecule has 0 saturated carbocycles. The van der Waals surface area contributed by atoms with Crippen LogP contribution in [0.3, 0.4) is 0 Å². The van der Waals surface area contributed by atoms with Crippen molar-refractivity contribution >= 4 is 11.9 Å². The Balaban J connectivity index is 2.47. The van der Waals surface area contributed by atoms with Gasteiger partial charge in [-0.2, -0.15) is 0 Å². The van der Waals surface area contributed by atoms with Crippen molar-refractivity contribution in [3.63, 3.8) is 0 Å². The van der Waals surface area contributed by atoms with Crippen LogP contribution in [-0.4, -0.2) is 37.7 Å². The van der Waals surface area contributed by atoms with Gasteiger partial charge in [0.2, 0.25) is 0 Å². The van der Waals surface area contributed by atoms with E-state index in [9.17, 15) is 9.59 Å². The Morgan fingerprint density at radius 2 is 2.23 bits per heavy atom. The molecule has 0 spiro atoms. The Morgan fingerprint density at radius 3 is 2.69 bits per heavy atom. The second kappa shape index (κ2) is 3.74. The molecule has 1 N–H and O–H groups in total. The first kappa shape index (κ1) is 9.98. The molecule has 1 atom stereocenters. The molecule has 1 heterocycles. The van der Waals surface area contributed by atoms with E-state index >= 15 is 0 Å². The van der Waals surface area contributed by atoms with Gasteiger partial charge in [0, 0.05) is 6.61 Å². The highest BCUT2D eigenvalue weighted by Crippen LogP contribution is 2.16. The molecule has 0 aliphatic carbocycles. The monoisotopic (exact) mass is 187 g/mol. The topological polar surface area (TPSA) is 64.6 Å².